The number of methoxy groups -OCH3 is 1. The van der Waals surface area contributed by atoms with E-state index in [1.54, 1.807) is 18.1 Å². The molecule has 0 unspecified atom stereocenters. The molecule has 0 aliphatic rings. The molecule has 0 spiro atoms. The first-order valence-electron chi connectivity index (χ1n) is 8.18. The zero-order valence-electron chi connectivity index (χ0n) is 14.9. The van der Waals surface area contributed by atoms with Crippen molar-refractivity contribution in [3.05, 3.63) is 53.5 Å². The lowest BCUT2D eigenvalue weighted by atomic mass is 10.1. The Morgan fingerprint density at radius 2 is 1.96 bits per heavy atom. The Labute approximate surface area is 147 Å². The van der Waals surface area contributed by atoms with E-state index in [1.807, 2.05) is 32.0 Å². The molecule has 0 aliphatic carbocycles. The molecule has 134 valence electrons. The van der Waals surface area contributed by atoms with E-state index in [1.165, 1.54) is 18.1 Å². The summed E-state index contributed by atoms with van der Waals surface area (Å²) in [6.07, 6.45) is 3.06. The van der Waals surface area contributed by atoms with Crippen molar-refractivity contribution in [1.82, 2.24) is 4.90 Å². The van der Waals surface area contributed by atoms with Crippen LogP contribution in [-0.2, 0) is 9.53 Å². The minimum Gasteiger partial charge on any atom is -0.472 e. The summed E-state index contributed by atoms with van der Waals surface area (Å²) in [5, 5.41) is 2.87. The highest BCUT2D eigenvalue weighted by molar-refractivity contribution is 5.95. The minimum absolute atomic E-state index is 0.134. The van der Waals surface area contributed by atoms with Crippen LogP contribution in [0.25, 0.3) is 0 Å². The maximum atomic E-state index is 12.4. The van der Waals surface area contributed by atoms with Crippen LogP contribution in [0.5, 0.6) is 0 Å². The highest BCUT2D eigenvalue weighted by Crippen LogP contribution is 2.14. The molecule has 2 aromatic rings. The molecule has 0 aliphatic heterocycles. The van der Waals surface area contributed by atoms with Gasteiger partial charge in [-0.05, 0) is 43.2 Å². The van der Waals surface area contributed by atoms with E-state index in [4.69, 9.17) is 9.15 Å². The number of nitrogens with one attached hydrogen (secondary N) is 1. The normalized spacial score (nSPS) is 10.5. The van der Waals surface area contributed by atoms with Crippen LogP contribution in [0.15, 0.2) is 41.2 Å². The van der Waals surface area contributed by atoms with Crippen molar-refractivity contribution in [1.29, 1.82) is 0 Å². The van der Waals surface area contributed by atoms with E-state index < -0.39 is 0 Å². The van der Waals surface area contributed by atoms with E-state index in [0.29, 0.717) is 25.3 Å². The molecule has 0 atom stereocenters. The molecule has 2 amide bonds. The number of carbonyl (C=O) groups excluding carboxylic acids is 2. The quantitative estimate of drug-likeness (QED) is 0.799. The molecule has 25 heavy (non-hydrogen) atoms. The molecule has 1 aromatic carbocycles. The van der Waals surface area contributed by atoms with Gasteiger partial charge in [0.1, 0.15) is 6.26 Å². The topological polar surface area (TPSA) is 71.8 Å². The second-order valence-corrected chi connectivity index (χ2v) is 5.89. The van der Waals surface area contributed by atoms with Crippen LogP contribution in [0.4, 0.5) is 5.69 Å². The van der Waals surface area contributed by atoms with Gasteiger partial charge in [0.05, 0.1) is 18.4 Å². The van der Waals surface area contributed by atoms with Crippen LogP contribution in [0, 0.1) is 13.8 Å². The fraction of sp³-hybridized carbons (Fsp3) is 0.368. The summed E-state index contributed by atoms with van der Waals surface area (Å²) in [5.74, 6) is -0.310. The number of hydrogen-bond donors (Lipinski definition) is 1. The highest BCUT2D eigenvalue weighted by atomic mass is 16.5. The average molecular weight is 344 g/mol. The van der Waals surface area contributed by atoms with Gasteiger partial charge in [-0.2, -0.15) is 0 Å². The summed E-state index contributed by atoms with van der Waals surface area (Å²) < 4.78 is 10.0. The van der Waals surface area contributed by atoms with Crippen molar-refractivity contribution in [3.63, 3.8) is 0 Å². The predicted molar refractivity (Wildman–Crippen MR) is 95.7 cm³/mol. The van der Waals surface area contributed by atoms with Crippen molar-refractivity contribution in [2.75, 3.05) is 32.1 Å². The van der Waals surface area contributed by atoms with Crippen LogP contribution < -0.4 is 5.32 Å². The summed E-state index contributed by atoms with van der Waals surface area (Å²) in [6.45, 7) is 5.15. The molecule has 6 heteroatoms. The molecule has 1 aromatic heterocycles. The van der Waals surface area contributed by atoms with Crippen molar-refractivity contribution in [2.45, 2.75) is 20.3 Å². The van der Waals surface area contributed by atoms with Crippen LogP contribution in [0.2, 0.25) is 0 Å². The van der Waals surface area contributed by atoms with Gasteiger partial charge < -0.3 is 19.4 Å². The molecule has 0 saturated carbocycles. The lowest BCUT2D eigenvalue weighted by Crippen LogP contribution is -2.36. The number of benzene rings is 1. The first-order chi connectivity index (χ1) is 12.0. The highest BCUT2D eigenvalue weighted by Gasteiger charge is 2.17. The first-order valence-corrected chi connectivity index (χ1v) is 8.18. The number of hydrogen-bond acceptors (Lipinski definition) is 4. The molecule has 0 saturated heterocycles. The molecular formula is C19H24N2O4. The zero-order chi connectivity index (χ0) is 18.2. The first kappa shape index (κ1) is 18.7. The summed E-state index contributed by atoms with van der Waals surface area (Å²) in [4.78, 5) is 26.2. The van der Waals surface area contributed by atoms with E-state index >= 15 is 0 Å². The molecule has 0 bridgehead atoms. The summed E-state index contributed by atoms with van der Waals surface area (Å²) >= 11 is 0. The smallest absolute Gasteiger partial charge is 0.257 e. The SMILES string of the molecule is COCCN(CCC(=O)Nc1ccc(C)c(C)c1)C(=O)c1ccoc1. The third-order valence-electron chi connectivity index (χ3n) is 4.02. The second kappa shape index (κ2) is 9.03. The number of aryl methyl sites for hydroxylation is 2. The molecule has 2 rings (SSSR count). The van der Waals surface area contributed by atoms with E-state index in [2.05, 4.69) is 5.32 Å². The Morgan fingerprint density at radius 1 is 1.16 bits per heavy atom. The van der Waals surface area contributed by atoms with Crippen molar-refractivity contribution < 1.29 is 18.7 Å². The fourth-order valence-corrected chi connectivity index (χ4v) is 2.36. The largest absolute Gasteiger partial charge is 0.472 e. The number of carbonyl (C=O) groups is 2. The van der Waals surface area contributed by atoms with Crippen LogP contribution in [0.1, 0.15) is 27.9 Å². The summed E-state index contributed by atoms with van der Waals surface area (Å²) in [5.41, 5.74) is 3.52. The Morgan fingerprint density at radius 3 is 2.60 bits per heavy atom. The van der Waals surface area contributed by atoms with Gasteiger partial charge in [-0.15, -0.1) is 0 Å². The van der Waals surface area contributed by atoms with Crippen molar-refractivity contribution >= 4 is 17.5 Å². The maximum Gasteiger partial charge on any atom is 0.257 e. The molecule has 1 heterocycles. The van der Waals surface area contributed by atoms with Gasteiger partial charge in [0.15, 0.2) is 0 Å². The van der Waals surface area contributed by atoms with Crippen molar-refractivity contribution in [3.8, 4) is 0 Å². The number of nitrogens with zero attached hydrogens (tertiary/aromatic N) is 1. The van der Waals surface area contributed by atoms with Gasteiger partial charge in [0.25, 0.3) is 5.91 Å². The van der Waals surface area contributed by atoms with Crippen LogP contribution >= 0.6 is 0 Å². The zero-order valence-corrected chi connectivity index (χ0v) is 14.9. The minimum atomic E-state index is -0.176. The molecule has 6 nitrogen and oxygen atoms in total. The summed E-state index contributed by atoms with van der Waals surface area (Å²) in [7, 11) is 1.58. The monoisotopic (exact) mass is 344 g/mol. The van der Waals surface area contributed by atoms with Gasteiger partial charge in [0.2, 0.25) is 5.91 Å². The third-order valence-corrected chi connectivity index (χ3v) is 4.02. The number of anilines is 1. The lowest BCUT2D eigenvalue weighted by molar-refractivity contribution is -0.116. The van der Waals surface area contributed by atoms with E-state index in [-0.39, 0.29) is 18.2 Å². The molecule has 0 radical (unpaired) electrons. The third kappa shape index (κ3) is 5.46. The summed E-state index contributed by atoms with van der Waals surface area (Å²) in [6, 6.07) is 7.39. The fourth-order valence-electron chi connectivity index (χ4n) is 2.36. The van der Waals surface area contributed by atoms with Gasteiger partial charge in [0, 0.05) is 32.3 Å². The molecular weight excluding hydrogens is 320 g/mol. The van der Waals surface area contributed by atoms with Gasteiger partial charge in [-0.25, -0.2) is 0 Å². The Hall–Kier alpha value is -2.60. The maximum absolute atomic E-state index is 12.4. The van der Waals surface area contributed by atoms with Gasteiger partial charge >= 0.3 is 0 Å². The number of ether oxygens (including phenoxy) is 1. The van der Waals surface area contributed by atoms with Gasteiger partial charge in [-0.3, -0.25) is 9.59 Å². The second-order valence-electron chi connectivity index (χ2n) is 5.89. The van der Waals surface area contributed by atoms with Gasteiger partial charge in [-0.1, -0.05) is 6.07 Å². The van der Waals surface area contributed by atoms with Crippen LogP contribution in [0.3, 0.4) is 0 Å². The molecule has 1 N–H and O–H groups in total. The number of rotatable bonds is 8. The Kier molecular flexibility index (Phi) is 6.77. The standard InChI is InChI=1S/C19H24N2O4/c1-14-4-5-17(12-15(14)2)20-18(22)6-8-21(9-11-24-3)19(23)16-7-10-25-13-16/h4-5,7,10,12-13H,6,8-9,11H2,1-3H3,(H,20,22). The lowest BCUT2D eigenvalue weighted by Gasteiger charge is -2.21. The number of amides is 2. The van der Waals surface area contributed by atoms with E-state index in [0.717, 1.165) is 11.3 Å². The molecule has 0 fully saturated rings. The van der Waals surface area contributed by atoms with E-state index in [9.17, 15) is 9.59 Å². The Bertz CT molecular complexity index is 710. The van der Waals surface area contributed by atoms with Crippen LogP contribution in [-0.4, -0.2) is 43.5 Å². The number of furan rings is 1. The predicted octanol–water partition coefficient (Wildman–Crippen LogP) is 3.01. The Balaban J connectivity index is 1.93. The van der Waals surface area contributed by atoms with Crippen molar-refractivity contribution in [2.24, 2.45) is 0 Å². The average Bonchev–Trinajstić information content (AvgIpc) is 3.12.